The second-order valence-corrected chi connectivity index (χ2v) is 8.43. The lowest BCUT2D eigenvalue weighted by Crippen LogP contribution is -2.22. The number of carboxylic acid groups (broad SMARTS) is 1. The topological polar surface area (TPSA) is 101 Å². The normalized spacial score (nSPS) is 11.7. The highest BCUT2D eigenvalue weighted by atomic mass is 79.9. The van der Waals surface area contributed by atoms with E-state index in [1.807, 2.05) is 12.1 Å². The molecule has 0 aliphatic rings. The van der Waals surface area contributed by atoms with Crippen molar-refractivity contribution in [2.24, 2.45) is 0 Å². The molecular formula is C11H12BrN3O4S2. The quantitative estimate of drug-likeness (QED) is 0.744. The summed E-state index contributed by atoms with van der Waals surface area (Å²) in [5, 5.41) is 12.4. The molecule has 0 unspecified atom stereocenters. The zero-order chi connectivity index (χ0) is 15.5. The van der Waals surface area contributed by atoms with Gasteiger partial charge in [0.1, 0.15) is 4.90 Å². The average Bonchev–Trinajstić information content (AvgIpc) is 3.03. The summed E-state index contributed by atoms with van der Waals surface area (Å²) >= 11 is 4.75. The number of nitrogens with one attached hydrogen (secondary N) is 1. The number of carboxylic acids is 1. The summed E-state index contributed by atoms with van der Waals surface area (Å²) in [6, 6.07) is 3.67. The number of sulfonamides is 1. The van der Waals surface area contributed by atoms with Crippen LogP contribution in [0.15, 0.2) is 33.2 Å². The van der Waals surface area contributed by atoms with Gasteiger partial charge >= 0.3 is 5.97 Å². The van der Waals surface area contributed by atoms with Gasteiger partial charge in [-0.3, -0.25) is 9.48 Å². The SMILES string of the molecule is O=C(O)CCn1cc(S(=O)(=O)NCc2ccc(Br)s2)cn1. The third-order valence-electron chi connectivity index (χ3n) is 2.54. The van der Waals surface area contributed by atoms with Crippen LogP contribution < -0.4 is 4.72 Å². The van der Waals surface area contributed by atoms with Gasteiger partial charge in [-0.15, -0.1) is 11.3 Å². The van der Waals surface area contributed by atoms with Crippen LogP contribution in [0.5, 0.6) is 0 Å². The molecule has 0 atom stereocenters. The van der Waals surface area contributed by atoms with Crippen LogP contribution in [0, 0.1) is 0 Å². The third kappa shape index (κ3) is 4.63. The molecule has 0 radical (unpaired) electrons. The fourth-order valence-corrected chi connectivity index (χ4v) is 3.98. The molecule has 7 nitrogen and oxygen atoms in total. The molecule has 114 valence electrons. The number of halogens is 1. The van der Waals surface area contributed by atoms with Crippen LogP contribution in [0.3, 0.4) is 0 Å². The standard InChI is InChI=1S/C11H12BrN3O4S2/c12-10-2-1-8(20-10)5-14-21(18,19)9-6-13-15(7-9)4-3-11(16)17/h1-2,6-7,14H,3-5H2,(H,16,17). The van der Waals surface area contributed by atoms with Crippen molar-refractivity contribution in [2.75, 3.05) is 0 Å². The number of aryl methyl sites for hydroxylation is 1. The van der Waals surface area contributed by atoms with Crippen LogP contribution in [0.1, 0.15) is 11.3 Å². The van der Waals surface area contributed by atoms with E-state index in [1.165, 1.54) is 28.4 Å². The molecule has 0 saturated heterocycles. The molecule has 0 saturated carbocycles. The first-order chi connectivity index (χ1) is 9.87. The average molecular weight is 394 g/mol. The van der Waals surface area contributed by atoms with Gasteiger partial charge < -0.3 is 5.11 Å². The van der Waals surface area contributed by atoms with Crippen LogP contribution in [0.25, 0.3) is 0 Å². The van der Waals surface area contributed by atoms with Crippen LogP contribution in [0.4, 0.5) is 0 Å². The van der Waals surface area contributed by atoms with Crippen molar-refractivity contribution < 1.29 is 18.3 Å². The zero-order valence-corrected chi connectivity index (χ0v) is 13.9. The van der Waals surface area contributed by atoms with Crippen molar-refractivity contribution >= 4 is 43.3 Å². The van der Waals surface area contributed by atoms with Crippen molar-refractivity contribution in [3.8, 4) is 0 Å². The zero-order valence-electron chi connectivity index (χ0n) is 10.7. The molecule has 0 bridgehead atoms. The summed E-state index contributed by atoms with van der Waals surface area (Å²) in [6.07, 6.45) is 2.40. The number of hydrogen-bond acceptors (Lipinski definition) is 5. The molecule has 2 aromatic rings. The number of aliphatic carboxylic acids is 1. The number of aromatic nitrogens is 2. The molecule has 2 rings (SSSR count). The first kappa shape index (κ1) is 16.1. The largest absolute Gasteiger partial charge is 0.481 e. The van der Waals surface area contributed by atoms with Crippen LogP contribution in [0.2, 0.25) is 0 Å². The molecule has 0 spiro atoms. The van der Waals surface area contributed by atoms with Gasteiger partial charge in [0.15, 0.2) is 0 Å². The van der Waals surface area contributed by atoms with E-state index in [4.69, 9.17) is 5.11 Å². The van der Waals surface area contributed by atoms with Gasteiger partial charge in [-0.2, -0.15) is 5.10 Å². The Labute approximate surface area is 133 Å². The fourth-order valence-electron chi connectivity index (χ4n) is 1.51. The minimum atomic E-state index is -3.66. The molecule has 0 aliphatic heterocycles. The maximum Gasteiger partial charge on any atom is 0.305 e. The van der Waals surface area contributed by atoms with Crippen molar-refractivity contribution in [3.63, 3.8) is 0 Å². The Balaban J connectivity index is 2.00. The Morgan fingerprint density at radius 2 is 2.24 bits per heavy atom. The van der Waals surface area contributed by atoms with Gasteiger partial charge in [0.2, 0.25) is 10.0 Å². The van der Waals surface area contributed by atoms with E-state index in [0.717, 1.165) is 8.66 Å². The maximum absolute atomic E-state index is 12.1. The molecule has 21 heavy (non-hydrogen) atoms. The Morgan fingerprint density at radius 3 is 2.86 bits per heavy atom. The highest BCUT2D eigenvalue weighted by Crippen LogP contribution is 2.22. The summed E-state index contributed by atoms with van der Waals surface area (Å²) in [7, 11) is -3.66. The van der Waals surface area contributed by atoms with Gasteiger partial charge in [-0.05, 0) is 28.1 Å². The van der Waals surface area contributed by atoms with Crippen molar-refractivity contribution in [2.45, 2.75) is 24.4 Å². The monoisotopic (exact) mass is 393 g/mol. The van der Waals surface area contributed by atoms with E-state index in [2.05, 4.69) is 25.8 Å². The maximum atomic E-state index is 12.1. The van der Waals surface area contributed by atoms with Gasteiger partial charge in [0.25, 0.3) is 0 Å². The molecule has 2 N–H and O–H groups in total. The summed E-state index contributed by atoms with van der Waals surface area (Å²) in [5.41, 5.74) is 0. The van der Waals surface area contributed by atoms with Crippen LogP contribution in [-0.2, 0) is 27.9 Å². The third-order valence-corrected chi connectivity index (χ3v) is 5.52. The lowest BCUT2D eigenvalue weighted by molar-refractivity contribution is -0.137. The van der Waals surface area contributed by atoms with Crippen molar-refractivity contribution in [1.82, 2.24) is 14.5 Å². The van der Waals surface area contributed by atoms with Gasteiger partial charge in [-0.1, -0.05) is 0 Å². The molecular weight excluding hydrogens is 382 g/mol. The van der Waals surface area contributed by atoms with Crippen molar-refractivity contribution in [3.05, 3.63) is 33.2 Å². The predicted molar refractivity (Wildman–Crippen MR) is 80.5 cm³/mol. The Bertz CT molecular complexity index is 738. The molecule has 2 aromatic heterocycles. The van der Waals surface area contributed by atoms with Gasteiger partial charge in [0.05, 0.1) is 22.9 Å². The second-order valence-electron chi connectivity index (χ2n) is 4.11. The Kier molecular flexibility index (Phi) is 5.14. The molecule has 0 aromatic carbocycles. The van der Waals surface area contributed by atoms with E-state index < -0.39 is 16.0 Å². The van der Waals surface area contributed by atoms with Crippen LogP contribution in [-0.4, -0.2) is 29.3 Å². The van der Waals surface area contributed by atoms with E-state index in [9.17, 15) is 13.2 Å². The minimum absolute atomic E-state index is 0.0171. The number of carbonyl (C=O) groups is 1. The number of rotatable bonds is 7. The molecule has 2 heterocycles. The number of thiophene rings is 1. The molecule has 0 amide bonds. The summed E-state index contributed by atoms with van der Waals surface area (Å²) in [5.74, 6) is -0.962. The highest BCUT2D eigenvalue weighted by molar-refractivity contribution is 9.11. The van der Waals surface area contributed by atoms with Gasteiger partial charge in [-0.25, -0.2) is 13.1 Å². The predicted octanol–water partition coefficient (Wildman–Crippen LogP) is 1.66. The first-order valence-electron chi connectivity index (χ1n) is 5.85. The Morgan fingerprint density at radius 1 is 1.48 bits per heavy atom. The van der Waals surface area contributed by atoms with E-state index >= 15 is 0 Å². The summed E-state index contributed by atoms with van der Waals surface area (Å²) in [6.45, 7) is 0.321. The summed E-state index contributed by atoms with van der Waals surface area (Å²) < 4.78 is 28.9. The smallest absolute Gasteiger partial charge is 0.305 e. The van der Waals surface area contributed by atoms with E-state index in [-0.39, 0.29) is 24.4 Å². The fraction of sp³-hybridized carbons (Fsp3) is 0.273. The van der Waals surface area contributed by atoms with Crippen molar-refractivity contribution in [1.29, 1.82) is 0 Å². The number of hydrogen-bond donors (Lipinski definition) is 2. The van der Waals surface area contributed by atoms with Gasteiger partial charge in [0, 0.05) is 17.6 Å². The molecule has 0 fully saturated rings. The minimum Gasteiger partial charge on any atom is -0.481 e. The summed E-state index contributed by atoms with van der Waals surface area (Å²) in [4.78, 5) is 11.4. The van der Waals surface area contributed by atoms with Crippen LogP contribution >= 0.6 is 27.3 Å². The molecule has 10 heteroatoms. The first-order valence-corrected chi connectivity index (χ1v) is 8.94. The highest BCUT2D eigenvalue weighted by Gasteiger charge is 2.16. The number of nitrogens with zero attached hydrogens (tertiary/aromatic N) is 2. The van der Waals surface area contributed by atoms with E-state index in [1.54, 1.807) is 0 Å². The Hall–Kier alpha value is -1.23. The molecule has 0 aliphatic carbocycles. The lowest BCUT2D eigenvalue weighted by atomic mass is 10.4. The second kappa shape index (κ2) is 6.69. The lowest BCUT2D eigenvalue weighted by Gasteiger charge is -2.02. The van der Waals surface area contributed by atoms with E-state index in [0.29, 0.717) is 0 Å².